The number of hydrogen-bond donors (Lipinski definition) is 1. The smallest absolute Gasteiger partial charge is 0.264 e. The number of likely N-dealkylation sites (N-methyl/N-ethyl adjacent to an activating group) is 1. The second kappa shape index (κ2) is 14.5. The number of halogens is 4. The van der Waals surface area contributed by atoms with Crippen LogP contribution in [0.2, 0.25) is 20.1 Å². The SMILES string of the molecule is CNC(=O)[C@@H](Cc1ccccc1)N(Cc1c(Cl)cccc1Cl)C(=O)CN(c1cc(Cl)ccc1Cl)S(=O)(=O)c1ccccc1. The molecule has 2 amide bonds. The molecule has 0 saturated carbocycles. The van der Waals surface area contributed by atoms with Gasteiger partial charge in [0.05, 0.1) is 15.6 Å². The Kier molecular flexibility index (Phi) is 11.0. The van der Waals surface area contributed by atoms with E-state index < -0.39 is 34.4 Å². The fourth-order valence-electron chi connectivity index (χ4n) is 4.48. The maximum absolute atomic E-state index is 14.4. The van der Waals surface area contributed by atoms with Crippen LogP contribution < -0.4 is 9.62 Å². The molecule has 12 heteroatoms. The zero-order valence-corrected chi connectivity index (χ0v) is 26.7. The normalized spacial score (nSPS) is 11.9. The summed E-state index contributed by atoms with van der Waals surface area (Å²) in [5.41, 5.74) is 1.19. The molecule has 43 heavy (non-hydrogen) atoms. The van der Waals surface area contributed by atoms with E-state index in [9.17, 15) is 18.0 Å². The number of nitrogens with zero attached hydrogens (tertiary/aromatic N) is 2. The third-order valence-electron chi connectivity index (χ3n) is 6.69. The maximum Gasteiger partial charge on any atom is 0.264 e. The summed E-state index contributed by atoms with van der Waals surface area (Å²) in [6, 6.07) is 25.0. The standard InChI is InChI=1S/C31H27Cl4N3O4S/c1-36-31(40)29(17-21-9-4-2-5-10-21)37(19-24-25(33)13-8-14-26(24)34)30(39)20-38(28-18-22(32)15-16-27(28)35)43(41,42)23-11-6-3-7-12-23/h2-16,18,29H,17,19-20H2,1H3,(H,36,40)/t29-/m1/s1. The molecule has 4 aromatic carbocycles. The molecule has 0 saturated heterocycles. The molecule has 0 aliphatic rings. The topological polar surface area (TPSA) is 86.8 Å². The fourth-order valence-corrected chi connectivity index (χ4v) is 6.88. The van der Waals surface area contributed by atoms with Gasteiger partial charge in [-0.2, -0.15) is 0 Å². The van der Waals surface area contributed by atoms with Crippen LogP contribution in [-0.4, -0.2) is 44.8 Å². The van der Waals surface area contributed by atoms with E-state index in [1.54, 1.807) is 36.4 Å². The minimum absolute atomic E-state index is 0.00153. The van der Waals surface area contributed by atoms with Crippen LogP contribution in [-0.2, 0) is 32.6 Å². The van der Waals surface area contributed by atoms with Crippen LogP contribution in [0, 0.1) is 0 Å². The molecule has 0 spiro atoms. The van der Waals surface area contributed by atoms with E-state index in [4.69, 9.17) is 46.4 Å². The van der Waals surface area contributed by atoms with Crippen LogP contribution in [0.3, 0.4) is 0 Å². The maximum atomic E-state index is 14.4. The molecule has 0 aliphatic carbocycles. The van der Waals surface area contributed by atoms with Crippen molar-refractivity contribution in [3.8, 4) is 0 Å². The van der Waals surface area contributed by atoms with Crippen molar-refractivity contribution >= 4 is 73.9 Å². The van der Waals surface area contributed by atoms with E-state index in [-0.39, 0.29) is 43.6 Å². The Bertz CT molecular complexity index is 1690. The lowest BCUT2D eigenvalue weighted by atomic mass is 10.0. The van der Waals surface area contributed by atoms with Crippen molar-refractivity contribution in [2.24, 2.45) is 0 Å². The predicted molar refractivity (Wildman–Crippen MR) is 172 cm³/mol. The van der Waals surface area contributed by atoms with Crippen molar-refractivity contribution in [2.75, 3.05) is 17.9 Å². The lowest BCUT2D eigenvalue weighted by Gasteiger charge is -2.34. The molecule has 0 heterocycles. The molecule has 0 aromatic heterocycles. The van der Waals surface area contributed by atoms with Crippen molar-refractivity contribution in [1.82, 2.24) is 10.2 Å². The number of carbonyl (C=O) groups is 2. The highest BCUT2D eigenvalue weighted by atomic mass is 35.5. The van der Waals surface area contributed by atoms with E-state index in [1.165, 1.54) is 42.3 Å². The second-order valence-electron chi connectivity index (χ2n) is 9.46. The zero-order valence-electron chi connectivity index (χ0n) is 22.9. The Balaban J connectivity index is 1.85. The highest BCUT2D eigenvalue weighted by molar-refractivity contribution is 7.92. The minimum Gasteiger partial charge on any atom is -0.357 e. The number of carbonyl (C=O) groups excluding carboxylic acids is 2. The van der Waals surface area contributed by atoms with E-state index in [0.717, 1.165) is 9.87 Å². The van der Waals surface area contributed by atoms with Gasteiger partial charge < -0.3 is 10.2 Å². The molecule has 0 fully saturated rings. The average molecular weight is 679 g/mol. The summed E-state index contributed by atoms with van der Waals surface area (Å²) in [6.45, 7) is -0.883. The average Bonchev–Trinajstić information content (AvgIpc) is 3.00. The highest BCUT2D eigenvalue weighted by Crippen LogP contribution is 2.34. The summed E-state index contributed by atoms with van der Waals surface area (Å²) >= 11 is 25.7. The molecular weight excluding hydrogens is 652 g/mol. The second-order valence-corrected chi connectivity index (χ2v) is 13.0. The number of benzene rings is 4. The molecule has 0 unspecified atom stereocenters. The third-order valence-corrected chi connectivity index (χ3v) is 9.73. The minimum atomic E-state index is -4.33. The Labute approximate surface area is 271 Å². The van der Waals surface area contributed by atoms with Gasteiger partial charge >= 0.3 is 0 Å². The van der Waals surface area contributed by atoms with Gasteiger partial charge in [-0.05, 0) is 48.0 Å². The summed E-state index contributed by atoms with van der Waals surface area (Å²) < 4.78 is 28.9. The quantitative estimate of drug-likeness (QED) is 0.187. The first-order chi connectivity index (χ1) is 20.5. The van der Waals surface area contributed by atoms with Crippen LogP contribution >= 0.6 is 46.4 Å². The number of anilines is 1. The highest BCUT2D eigenvalue weighted by Gasteiger charge is 2.35. The van der Waals surface area contributed by atoms with Crippen molar-refractivity contribution in [1.29, 1.82) is 0 Å². The first kappa shape index (κ1) is 32.6. The van der Waals surface area contributed by atoms with Crippen molar-refractivity contribution in [3.63, 3.8) is 0 Å². The van der Waals surface area contributed by atoms with Crippen LogP contribution in [0.5, 0.6) is 0 Å². The fraction of sp³-hybridized carbons (Fsp3) is 0.161. The number of nitrogens with one attached hydrogen (secondary N) is 1. The van der Waals surface area contributed by atoms with Gasteiger partial charge in [-0.3, -0.25) is 13.9 Å². The number of sulfonamides is 1. The lowest BCUT2D eigenvalue weighted by Crippen LogP contribution is -2.53. The first-order valence-electron chi connectivity index (χ1n) is 13.0. The molecule has 0 aliphatic heterocycles. The number of rotatable bonds is 11. The molecule has 1 atom stereocenters. The lowest BCUT2D eigenvalue weighted by molar-refractivity contribution is -0.139. The predicted octanol–water partition coefficient (Wildman–Crippen LogP) is 6.88. The summed E-state index contributed by atoms with van der Waals surface area (Å²) in [7, 11) is -2.87. The van der Waals surface area contributed by atoms with Gasteiger partial charge in [0, 0.05) is 40.6 Å². The summed E-state index contributed by atoms with van der Waals surface area (Å²) in [5, 5.41) is 3.47. The Morgan fingerprint density at radius 1 is 0.791 bits per heavy atom. The Morgan fingerprint density at radius 2 is 1.40 bits per heavy atom. The van der Waals surface area contributed by atoms with Gasteiger partial charge in [0.2, 0.25) is 11.8 Å². The molecule has 7 nitrogen and oxygen atoms in total. The number of amides is 2. The molecule has 224 valence electrons. The van der Waals surface area contributed by atoms with Gasteiger partial charge in [0.25, 0.3) is 10.0 Å². The molecular formula is C31H27Cl4N3O4S. The van der Waals surface area contributed by atoms with Gasteiger partial charge in [-0.1, -0.05) is 101 Å². The van der Waals surface area contributed by atoms with E-state index in [2.05, 4.69) is 5.32 Å². The summed E-state index contributed by atoms with van der Waals surface area (Å²) in [4.78, 5) is 28.9. The van der Waals surface area contributed by atoms with Crippen molar-refractivity contribution in [2.45, 2.75) is 23.9 Å². The largest absolute Gasteiger partial charge is 0.357 e. The van der Waals surface area contributed by atoms with Crippen LogP contribution in [0.15, 0.2) is 102 Å². The van der Waals surface area contributed by atoms with E-state index in [0.29, 0.717) is 5.56 Å². The van der Waals surface area contributed by atoms with Gasteiger partial charge in [-0.15, -0.1) is 0 Å². The van der Waals surface area contributed by atoms with E-state index >= 15 is 0 Å². The molecule has 1 N–H and O–H groups in total. The van der Waals surface area contributed by atoms with Gasteiger partial charge in [-0.25, -0.2) is 8.42 Å². The molecule has 4 aromatic rings. The molecule has 0 radical (unpaired) electrons. The van der Waals surface area contributed by atoms with Gasteiger partial charge in [0.15, 0.2) is 0 Å². The van der Waals surface area contributed by atoms with Crippen molar-refractivity contribution in [3.05, 3.63) is 128 Å². The van der Waals surface area contributed by atoms with Crippen LogP contribution in [0.4, 0.5) is 5.69 Å². The Morgan fingerprint density at radius 3 is 2.00 bits per heavy atom. The summed E-state index contributed by atoms with van der Waals surface area (Å²) in [6.07, 6.45) is 0.137. The van der Waals surface area contributed by atoms with Crippen LogP contribution in [0.25, 0.3) is 0 Å². The van der Waals surface area contributed by atoms with Crippen LogP contribution in [0.1, 0.15) is 11.1 Å². The zero-order chi connectivity index (χ0) is 31.1. The first-order valence-corrected chi connectivity index (χ1v) is 16.0. The van der Waals surface area contributed by atoms with Gasteiger partial charge in [0.1, 0.15) is 12.6 Å². The third kappa shape index (κ3) is 7.82. The monoisotopic (exact) mass is 677 g/mol. The molecule has 0 bridgehead atoms. The summed E-state index contributed by atoms with van der Waals surface area (Å²) in [5.74, 6) is -1.16. The number of hydrogen-bond acceptors (Lipinski definition) is 4. The van der Waals surface area contributed by atoms with E-state index in [1.807, 2.05) is 30.3 Å². The molecule has 4 rings (SSSR count). The Hall–Kier alpha value is -3.27. The van der Waals surface area contributed by atoms with Crippen molar-refractivity contribution < 1.29 is 18.0 Å².